The van der Waals surface area contributed by atoms with E-state index >= 15 is 0 Å². The molecule has 0 fully saturated rings. The van der Waals surface area contributed by atoms with Crippen LogP contribution >= 0.6 is 34.9 Å². The smallest absolute Gasteiger partial charge is 0.236 e. The molecule has 2 aromatic rings. The predicted octanol–water partition coefficient (Wildman–Crippen LogP) is 2.30. The van der Waals surface area contributed by atoms with E-state index in [4.69, 9.17) is 4.74 Å². The Morgan fingerprint density at radius 2 is 2.21 bits per heavy atom. The molecule has 0 spiro atoms. The van der Waals surface area contributed by atoms with E-state index < -0.39 is 0 Å². The number of hydrogen-bond acceptors (Lipinski definition) is 9. The van der Waals surface area contributed by atoms with Gasteiger partial charge in [-0.25, -0.2) is 0 Å². The molecule has 0 saturated carbocycles. The summed E-state index contributed by atoms with van der Waals surface area (Å²) >= 11 is 4.26. The summed E-state index contributed by atoms with van der Waals surface area (Å²) in [5.74, 6) is 1.66. The van der Waals surface area contributed by atoms with Gasteiger partial charge in [0.25, 0.3) is 0 Å². The second kappa shape index (κ2) is 9.77. The van der Waals surface area contributed by atoms with Crippen molar-refractivity contribution in [2.24, 2.45) is 0 Å². The summed E-state index contributed by atoms with van der Waals surface area (Å²) in [6.45, 7) is 6.68. The third-order valence-corrected chi connectivity index (χ3v) is 5.45. The van der Waals surface area contributed by atoms with Crippen LogP contribution in [0.25, 0.3) is 0 Å². The Hall–Kier alpha value is -1.43. The zero-order chi connectivity index (χ0) is 17.4. The van der Waals surface area contributed by atoms with E-state index in [1.165, 1.54) is 23.1 Å². The van der Waals surface area contributed by atoms with E-state index in [9.17, 15) is 4.79 Å². The summed E-state index contributed by atoms with van der Waals surface area (Å²) in [5, 5.41) is 20.0. The van der Waals surface area contributed by atoms with Crippen LogP contribution in [0.1, 0.15) is 12.7 Å². The Labute approximate surface area is 152 Å². The average molecular weight is 387 g/mol. The summed E-state index contributed by atoms with van der Waals surface area (Å²) in [5.41, 5.74) is 0. The number of thioether (sulfide) groups is 2. The molecule has 0 aliphatic carbocycles. The van der Waals surface area contributed by atoms with Crippen molar-refractivity contribution in [3.05, 3.63) is 18.5 Å². The molecule has 8 nitrogen and oxygen atoms in total. The normalized spacial score (nSPS) is 10.8. The molecule has 2 aromatic heterocycles. The first-order chi connectivity index (χ1) is 11.7. The molecule has 1 N–H and O–H groups in total. The Morgan fingerprint density at radius 3 is 2.92 bits per heavy atom. The Balaban J connectivity index is 1.92. The molecular weight excluding hydrogens is 368 g/mol. The van der Waals surface area contributed by atoms with Crippen molar-refractivity contribution in [1.29, 1.82) is 0 Å². The van der Waals surface area contributed by atoms with Gasteiger partial charge in [0, 0.05) is 13.7 Å². The van der Waals surface area contributed by atoms with Crippen LogP contribution in [0.5, 0.6) is 0 Å². The van der Waals surface area contributed by atoms with Gasteiger partial charge in [-0.05, 0) is 5.75 Å². The maximum Gasteiger partial charge on any atom is 0.236 e. The number of methoxy groups -OCH3 is 1. The summed E-state index contributed by atoms with van der Waals surface area (Å²) < 4.78 is 7.81. The maximum atomic E-state index is 12.1. The lowest BCUT2D eigenvalue weighted by Gasteiger charge is -2.06. The summed E-state index contributed by atoms with van der Waals surface area (Å²) in [6.07, 6.45) is 1.75. The third kappa shape index (κ3) is 5.30. The highest BCUT2D eigenvalue weighted by Crippen LogP contribution is 2.25. The number of nitrogens with zero attached hydrogens (tertiary/aromatic N) is 5. The molecule has 0 saturated heterocycles. The molecule has 0 aliphatic rings. The molecule has 0 aromatic carbocycles. The minimum Gasteiger partial charge on any atom is -0.377 e. The van der Waals surface area contributed by atoms with Gasteiger partial charge in [0.05, 0.1) is 5.75 Å². The van der Waals surface area contributed by atoms with Gasteiger partial charge in [-0.1, -0.05) is 47.9 Å². The Kier molecular flexibility index (Phi) is 7.69. The van der Waals surface area contributed by atoms with Gasteiger partial charge in [-0.3, -0.25) is 10.1 Å². The number of amides is 1. The second-order valence-electron chi connectivity index (χ2n) is 4.37. The van der Waals surface area contributed by atoms with Gasteiger partial charge in [0.15, 0.2) is 15.3 Å². The van der Waals surface area contributed by atoms with Crippen LogP contribution < -0.4 is 5.32 Å². The fourth-order valence-corrected chi connectivity index (χ4v) is 4.13. The van der Waals surface area contributed by atoms with Crippen LogP contribution in [-0.4, -0.2) is 49.5 Å². The zero-order valence-corrected chi connectivity index (χ0v) is 15.8. The average Bonchev–Trinajstić information content (AvgIpc) is 3.15. The molecular formula is C13H18N6O2S3. The van der Waals surface area contributed by atoms with Crippen molar-refractivity contribution in [2.75, 3.05) is 23.9 Å². The van der Waals surface area contributed by atoms with Crippen LogP contribution in [0.2, 0.25) is 0 Å². The highest BCUT2D eigenvalue weighted by Gasteiger charge is 2.14. The fraction of sp³-hybridized carbons (Fsp3) is 0.462. The first-order valence-corrected chi connectivity index (χ1v) is 9.87. The van der Waals surface area contributed by atoms with E-state index in [0.29, 0.717) is 29.3 Å². The van der Waals surface area contributed by atoms with Crippen LogP contribution in [-0.2, 0) is 22.7 Å². The lowest BCUT2D eigenvalue weighted by atomic mass is 10.5. The molecule has 0 radical (unpaired) electrons. The van der Waals surface area contributed by atoms with Gasteiger partial charge in [-0.15, -0.1) is 27.0 Å². The first-order valence-electron chi connectivity index (χ1n) is 7.08. The van der Waals surface area contributed by atoms with E-state index in [2.05, 4.69) is 32.3 Å². The van der Waals surface area contributed by atoms with Gasteiger partial charge in [0.1, 0.15) is 6.61 Å². The summed E-state index contributed by atoms with van der Waals surface area (Å²) in [4.78, 5) is 12.1. The first kappa shape index (κ1) is 18.9. The standard InChI is InChI=1S/C13H18N6O2S3/c1-4-6-19-9(7-21-3)15-17-12(19)23-8-10(20)14-11-16-18-13(24-11)22-5-2/h4H,1,5-8H2,2-3H3,(H,14,16,20). The van der Waals surface area contributed by atoms with Crippen molar-refractivity contribution in [3.63, 3.8) is 0 Å². The molecule has 0 atom stereocenters. The second-order valence-corrected chi connectivity index (χ2v) is 7.81. The van der Waals surface area contributed by atoms with Gasteiger partial charge >= 0.3 is 0 Å². The van der Waals surface area contributed by atoms with Crippen molar-refractivity contribution < 1.29 is 9.53 Å². The number of rotatable bonds is 10. The van der Waals surface area contributed by atoms with Crippen LogP contribution in [0, 0.1) is 0 Å². The number of carbonyl (C=O) groups is 1. The molecule has 0 unspecified atom stereocenters. The predicted molar refractivity (Wildman–Crippen MR) is 96.6 cm³/mol. The number of allylic oxidation sites excluding steroid dienone is 1. The topological polar surface area (TPSA) is 94.8 Å². The van der Waals surface area contributed by atoms with Crippen LogP contribution in [0.3, 0.4) is 0 Å². The Bertz CT molecular complexity index is 687. The maximum absolute atomic E-state index is 12.1. The van der Waals surface area contributed by atoms with Crippen molar-refractivity contribution in [3.8, 4) is 0 Å². The van der Waals surface area contributed by atoms with E-state index in [1.807, 2.05) is 11.5 Å². The molecule has 2 heterocycles. The summed E-state index contributed by atoms with van der Waals surface area (Å²) in [7, 11) is 1.60. The van der Waals surface area contributed by atoms with Crippen molar-refractivity contribution in [2.45, 2.75) is 29.6 Å². The molecule has 11 heteroatoms. The number of hydrogen-bond donors (Lipinski definition) is 1. The highest BCUT2D eigenvalue weighted by molar-refractivity contribution is 8.01. The van der Waals surface area contributed by atoms with E-state index in [0.717, 1.165) is 10.1 Å². The summed E-state index contributed by atoms with van der Waals surface area (Å²) in [6, 6.07) is 0. The largest absolute Gasteiger partial charge is 0.377 e. The van der Waals surface area contributed by atoms with Crippen molar-refractivity contribution in [1.82, 2.24) is 25.0 Å². The van der Waals surface area contributed by atoms with Crippen molar-refractivity contribution >= 4 is 45.9 Å². The lowest BCUT2D eigenvalue weighted by molar-refractivity contribution is -0.113. The number of anilines is 1. The number of carbonyl (C=O) groups excluding carboxylic acids is 1. The number of nitrogens with one attached hydrogen (secondary N) is 1. The van der Waals surface area contributed by atoms with Crippen LogP contribution in [0.15, 0.2) is 22.2 Å². The Morgan fingerprint density at radius 1 is 1.38 bits per heavy atom. The quantitative estimate of drug-likeness (QED) is 0.378. The van der Waals surface area contributed by atoms with Gasteiger partial charge in [0.2, 0.25) is 11.0 Å². The molecule has 1 amide bonds. The SMILES string of the molecule is C=CCn1c(COC)nnc1SCC(=O)Nc1nnc(SCC)s1. The molecule has 24 heavy (non-hydrogen) atoms. The number of ether oxygens (including phenoxy) is 1. The third-order valence-electron chi connectivity index (χ3n) is 2.63. The number of aromatic nitrogens is 5. The lowest BCUT2D eigenvalue weighted by Crippen LogP contribution is -2.14. The monoisotopic (exact) mass is 386 g/mol. The molecule has 2 rings (SSSR count). The van der Waals surface area contributed by atoms with Gasteiger partial charge in [-0.2, -0.15) is 0 Å². The zero-order valence-electron chi connectivity index (χ0n) is 13.4. The van der Waals surface area contributed by atoms with E-state index in [-0.39, 0.29) is 11.7 Å². The van der Waals surface area contributed by atoms with Crippen LogP contribution in [0.4, 0.5) is 5.13 Å². The molecule has 0 aliphatic heterocycles. The minimum atomic E-state index is -0.161. The van der Waals surface area contributed by atoms with Gasteiger partial charge < -0.3 is 9.30 Å². The molecule has 0 bridgehead atoms. The minimum absolute atomic E-state index is 0.161. The highest BCUT2D eigenvalue weighted by atomic mass is 32.2. The van der Waals surface area contributed by atoms with E-state index in [1.54, 1.807) is 24.9 Å². The fourth-order valence-electron chi connectivity index (χ4n) is 1.70. The molecule has 130 valence electrons.